The zero-order valence-corrected chi connectivity index (χ0v) is 12.7. The molecule has 1 amide bonds. The number of piperazine rings is 1. The van der Waals surface area contributed by atoms with Crippen LogP contribution in [0.5, 0.6) is 0 Å². The normalized spacial score (nSPS) is 18.9. The van der Waals surface area contributed by atoms with Crippen LogP contribution in [0.2, 0.25) is 0 Å². The van der Waals surface area contributed by atoms with Crippen LogP contribution >= 0.6 is 23.7 Å². The second-order valence-electron chi connectivity index (χ2n) is 4.90. The van der Waals surface area contributed by atoms with Crippen molar-refractivity contribution in [1.29, 1.82) is 0 Å². The third-order valence-electron chi connectivity index (χ3n) is 3.35. The van der Waals surface area contributed by atoms with Gasteiger partial charge in [0.05, 0.1) is 4.88 Å². The molecule has 1 fully saturated rings. The minimum Gasteiger partial charge on any atom is -0.335 e. The van der Waals surface area contributed by atoms with Gasteiger partial charge in [-0.05, 0) is 36.6 Å². The molecule has 1 aromatic carbocycles. The van der Waals surface area contributed by atoms with Crippen LogP contribution in [0.3, 0.4) is 0 Å². The van der Waals surface area contributed by atoms with Crippen LogP contribution in [-0.4, -0.2) is 36.5 Å². The van der Waals surface area contributed by atoms with E-state index in [1.165, 1.54) is 23.5 Å². The van der Waals surface area contributed by atoms with Gasteiger partial charge >= 0.3 is 0 Å². The third kappa shape index (κ3) is 2.95. The average molecular weight is 315 g/mol. The largest absolute Gasteiger partial charge is 0.335 e. The Morgan fingerprint density at radius 1 is 1.45 bits per heavy atom. The first kappa shape index (κ1) is 15.2. The van der Waals surface area contributed by atoms with E-state index in [0.717, 1.165) is 29.7 Å². The highest BCUT2D eigenvalue weighted by Crippen LogP contribution is 2.27. The molecule has 20 heavy (non-hydrogen) atoms. The topological polar surface area (TPSA) is 32.3 Å². The van der Waals surface area contributed by atoms with Gasteiger partial charge in [-0.2, -0.15) is 0 Å². The Labute approximate surface area is 127 Å². The van der Waals surface area contributed by atoms with Gasteiger partial charge in [-0.3, -0.25) is 4.79 Å². The van der Waals surface area contributed by atoms with Gasteiger partial charge in [-0.25, -0.2) is 4.39 Å². The summed E-state index contributed by atoms with van der Waals surface area (Å²) < 4.78 is 14.1. The van der Waals surface area contributed by atoms with Crippen molar-refractivity contribution in [3.63, 3.8) is 0 Å². The van der Waals surface area contributed by atoms with Crippen LogP contribution in [0.1, 0.15) is 16.6 Å². The lowest BCUT2D eigenvalue weighted by molar-refractivity contribution is 0.0714. The molecule has 0 saturated carbocycles. The number of halogens is 2. The fourth-order valence-corrected chi connectivity index (χ4v) is 3.40. The molecule has 2 aromatic rings. The molecule has 1 aliphatic rings. The van der Waals surface area contributed by atoms with Crippen molar-refractivity contribution in [1.82, 2.24) is 10.2 Å². The van der Waals surface area contributed by atoms with Gasteiger partial charge in [0.25, 0.3) is 5.91 Å². The third-order valence-corrected chi connectivity index (χ3v) is 4.45. The number of carbonyl (C=O) groups excluding carboxylic acids is 1. The lowest BCUT2D eigenvalue weighted by Crippen LogP contribution is -2.51. The molecule has 0 radical (unpaired) electrons. The van der Waals surface area contributed by atoms with Crippen molar-refractivity contribution < 1.29 is 9.18 Å². The number of nitrogens with one attached hydrogen (secondary N) is 1. The molecule has 1 aliphatic heterocycles. The second kappa shape index (κ2) is 6.08. The highest BCUT2D eigenvalue weighted by molar-refractivity contribution is 7.20. The van der Waals surface area contributed by atoms with Crippen LogP contribution in [0, 0.1) is 5.82 Å². The molecule has 6 heteroatoms. The first-order chi connectivity index (χ1) is 9.13. The average Bonchev–Trinajstić information content (AvgIpc) is 2.80. The number of hydrogen-bond acceptors (Lipinski definition) is 3. The molecule has 1 N–H and O–H groups in total. The Bertz CT molecular complexity index is 631. The Morgan fingerprint density at radius 2 is 2.25 bits per heavy atom. The van der Waals surface area contributed by atoms with Crippen LogP contribution in [-0.2, 0) is 0 Å². The van der Waals surface area contributed by atoms with Gasteiger partial charge in [0, 0.05) is 30.4 Å². The molecule has 0 aliphatic carbocycles. The molecule has 0 spiro atoms. The summed E-state index contributed by atoms with van der Waals surface area (Å²) in [6, 6.07) is 6.75. The highest BCUT2D eigenvalue weighted by Gasteiger charge is 2.23. The molecule has 1 atom stereocenters. The summed E-state index contributed by atoms with van der Waals surface area (Å²) in [4.78, 5) is 15.0. The summed E-state index contributed by atoms with van der Waals surface area (Å²) in [6.07, 6.45) is 0. The Morgan fingerprint density at radius 3 is 3.00 bits per heavy atom. The number of fused-ring (bicyclic) bond motifs is 1. The Kier molecular flexibility index (Phi) is 4.62. The quantitative estimate of drug-likeness (QED) is 0.878. The first-order valence-corrected chi connectivity index (χ1v) is 7.17. The zero-order chi connectivity index (χ0) is 13.4. The van der Waals surface area contributed by atoms with Gasteiger partial charge in [0.2, 0.25) is 0 Å². The van der Waals surface area contributed by atoms with Crippen LogP contribution in [0.4, 0.5) is 4.39 Å². The smallest absolute Gasteiger partial charge is 0.264 e. The molecular weight excluding hydrogens is 299 g/mol. The predicted molar refractivity (Wildman–Crippen MR) is 82.4 cm³/mol. The Hall–Kier alpha value is -1.17. The molecule has 3 nitrogen and oxygen atoms in total. The van der Waals surface area contributed by atoms with E-state index in [4.69, 9.17) is 0 Å². The number of amides is 1. The monoisotopic (exact) mass is 314 g/mol. The fraction of sp³-hybridized carbons (Fsp3) is 0.357. The molecule has 1 unspecified atom stereocenters. The summed E-state index contributed by atoms with van der Waals surface area (Å²) in [7, 11) is 0. The van der Waals surface area contributed by atoms with Crippen LogP contribution in [0.25, 0.3) is 10.1 Å². The number of carbonyl (C=O) groups is 1. The van der Waals surface area contributed by atoms with E-state index in [0.29, 0.717) is 10.9 Å². The molecule has 2 heterocycles. The number of hydrogen-bond donors (Lipinski definition) is 1. The van der Waals surface area contributed by atoms with Gasteiger partial charge < -0.3 is 10.2 Å². The van der Waals surface area contributed by atoms with E-state index in [9.17, 15) is 9.18 Å². The summed E-state index contributed by atoms with van der Waals surface area (Å²) >= 11 is 1.43. The van der Waals surface area contributed by atoms with Gasteiger partial charge in [0.15, 0.2) is 0 Å². The van der Waals surface area contributed by atoms with Crippen molar-refractivity contribution >= 4 is 39.7 Å². The van der Waals surface area contributed by atoms with Gasteiger partial charge in [0.1, 0.15) is 5.82 Å². The van der Waals surface area contributed by atoms with E-state index < -0.39 is 0 Å². The van der Waals surface area contributed by atoms with E-state index in [1.807, 2.05) is 4.90 Å². The molecular formula is C14H16ClFN2OS. The zero-order valence-electron chi connectivity index (χ0n) is 11.1. The minimum absolute atomic E-state index is 0. The number of rotatable bonds is 1. The maximum Gasteiger partial charge on any atom is 0.264 e. The van der Waals surface area contributed by atoms with Crippen molar-refractivity contribution in [3.8, 4) is 0 Å². The van der Waals surface area contributed by atoms with E-state index in [-0.39, 0.29) is 24.1 Å². The van der Waals surface area contributed by atoms with Gasteiger partial charge in [-0.1, -0.05) is 0 Å². The summed E-state index contributed by atoms with van der Waals surface area (Å²) in [5.41, 5.74) is 0. The van der Waals surface area contributed by atoms with Crippen LogP contribution in [0.15, 0.2) is 24.3 Å². The van der Waals surface area contributed by atoms with Crippen molar-refractivity contribution in [2.75, 3.05) is 19.6 Å². The fourth-order valence-electron chi connectivity index (χ4n) is 2.39. The van der Waals surface area contributed by atoms with E-state index in [2.05, 4.69) is 12.2 Å². The molecule has 108 valence electrons. The molecule has 3 rings (SSSR count). The summed E-state index contributed by atoms with van der Waals surface area (Å²) in [5.74, 6) is -0.213. The SMILES string of the molecule is CC1CN(C(=O)c2cc3cc(F)ccc3s2)CCN1.Cl. The predicted octanol–water partition coefficient (Wildman–Crippen LogP) is 2.90. The van der Waals surface area contributed by atoms with Crippen molar-refractivity contribution in [2.45, 2.75) is 13.0 Å². The van der Waals surface area contributed by atoms with Crippen molar-refractivity contribution in [2.24, 2.45) is 0 Å². The molecule has 0 bridgehead atoms. The second-order valence-corrected chi connectivity index (χ2v) is 5.98. The maximum atomic E-state index is 13.2. The van der Waals surface area contributed by atoms with Crippen molar-refractivity contribution in [3.05, 3.63) is 35.0 Å². The lowest BCUT2D eigenvalue weighted by Gasteiger charge is -2.31. The highest BCUT2D eigenvalue weighted by atomic mass is 35.5. The summed E-state index contributed by atoms with van der Waals surface area (Å²) in [6.45, 7) is 4.35. The van der Waals surface area contributed by atoms with Gasteiger partial charge in [-0.15, -0.1) is 23.7 Å². The van der Waals surface area contributed by atoms with E-state index in [1.54, 1.807) is 12.1 Å². The molecule has 1 aromatic heterocycles. The number of thiophene rings is 1. The standard InChI is InChI=1S/C14H15FN2OS.ClH/c1-9-8-17(5-4-16-9)14(18)13-7-10-6-11(15)2-3-12(10)19-13;/h2-3,6-7,9,16H,4-5,8H2,1H3;1H. The summed E-state index contributed by atoms with van der Waals surface area (Å²) in [5, 5.41) is 4.11. The maximum absolute atomic E-state index is 13.2. The number of benzene rings is 1. The molecule has 1 saturated heterocycles. The number of nitrogens with zero attached hydrogens (tertiary/aromatic N) is 1. The van der Waals surface area contributed by atoms with E-state index >= 15 is 0 Å². The lowest BCUT2D eigenvalue weighted by atomic mass is 10.2. The minimum atomic E-state index is -0.264. The first-order valence-electron chi connectivity index (χ1n) is 6.35. The van der Waals surface area contributed by atoms with Crippen LogP contribution < -0.4 is 5.32 Å². The Balaban J connectivity index is 0.00000147.